The van der Waals surface area contributed by atoms with Gasteiger partial charge in [0.05, 0.1) is 12.2 Å². The van der Waals surface area contributed by atoms with Crippen LogP contribution in [0.1, 0.15) is 11.3 Å². The van der Waals surface area contributed by atoms with Crippen LogP contribution < -0.4 is 11.1 Å². The molecule has 0 fully saturated rings. The maximum absolute atomic E-state index is 5.48. The number of aryl methyl sites for hydroxylation is 1. The quantitative estimate of drug-likeness (QED) is 0.509. The molecule has 1 heterocycles. The third kappa shape index (κ3) is 2.74. The van der Waals surface area contributed by atoms with Gasteiger partial charge in [-0.3, -0.25) is 9.98 Å². The molecule has 13 heavy (non-hydrogen) atoms. The van der Waals surface area contributed by atoms with E-state index in [0.717, 1.165) is 11.3 Å². The van der Waals surface area contributed by atoms with E-state index in [2.05, 4.69) is 15.3 Å². The van der Waals surface area contributed by atoms with Crippen molar-refractivity contribution in [3.05, 3.63) is 29.6 Å². The molecule has 70 valence electrons. The SMILES string of the molecule is CN=C(N)NCc1ncccc1C. The van der Waals surface area contributed by atoms with E-state index >= 15 is 0 Å². The molecule has 1 aromatic rings. The highest BCUT2D eigenvalue weighted by atomic mass is 15.1. The summed E-state index contributed by atoms with van der Waals surface area (Å²) in [4.78, 5) is 8.00. The molecule has 0 radical (unpaired) electrons. The maximum Gasteiger partial charge on any atom is 0.188 e. The Morgan fingerprint density at radius 2 is 2.46 bits per heavy atom. The Morgan fingerprint density at radius 1 is 1.69 bits per heavy atom. The second kappa shape index (κ2) is 4.45. The molecule has 0 atom stereocenters. The van der Waals surface area contributed by atoms with Crippen molar-refractivity contribution in [2.24, 2.45) is 10.7 Å². The van der Waals surface area contributed by atoms with Gasteiger partial charge in [-0.2, -0.15) is 0 Å². The fourth-order valence-electron chi connectivity index (χ4n) is 0.957. The fraction of sp³-hybridized carbons (Fsp3) is 0.333. The van der Waals surface area contributed by atoms with E-state index in [1.807, 2.05) is 19.1 Å². The average Bonchev–Trinajstić information content (AvgIpc) is 2.16. The van der Waals surface area contributed by atoms with Gasteiger partial charge in [0.25, 0.3) is 0 Å². The predicted molar refractivity (Wildman–Crippen MR) is 53.4 cm³/mol. The number of nitrogens with zero attached hydrogens (tertiary/aromatic N) is 2. The number of guanidine groups is 1. The maximum atomic E-state index is 5.48. The summed E-state index contributed by atoms with van der Waals surface area (Å²) in [6.45, 7) is 2.64. The van der Waals surface area contributed by atoms with Gasteiger partial charge in [0, 0.05) is 13.2 Å². The molecule has 0 bridgehead atoms. The van der Waals surface area contributed by atoms with Gasteiger partial charge in [0.1, 0.15) is 0 Å². The molecule has 0 saturated carbocycles. The second-order valence-corrected chi connectivity index (χ2v) is 2.73. The zero-order valence-electron chi connectivity index (χ0n) is 7.91. The van der Waals surface area contributed by atoms with Crippen LogP contribution in [0.25, 0.3) is 0 Å². The van der Waals surface area contributed by atoms with Crippen LogP contribution in [-0.2, 0) is 6.54 Å². The average molecular weight is 178 g/mol. The fourth-order valence-corrected chi connectivity index (χ4v) is 0.957. The lowest BCUT2D eigenvalue weighted by molar-refractivity contribution is 0.852. The molecule has 0 aliphatic rings. The van der Waals surface area contributed by atoms with E-state index in [1.54, 1.807) is 13.2 Å². The van der Waals surface area contributed by atoms with Gasteiger partial charge >= 0.3 is 0 Å². The van der Waals surface area contributed by atoms with Gasteiger partial charge in [-0.25, -0.2) is 0 Å². The van der Waals surface area contributed by atoms with E-state index in [9.17, 15) is 0 Å². The van der Waals surface area contributed by atoms with Crippen molar-refractivity contribution in [1.82, 2.24) is 10.3 Å². The Hall–Kier alpha value is -1.58. The summed E-state index contributed by atoms with van der Waals surface area (Å²) in [5.74, 6) is 0.435. The van der Waals surface area contributed by atoms with Crippen molar-refractivity contribution >= 4 is 5.96 Å². The van der Waals surface area contributed by atoms with Crippen molar-refractivity contribution in [3.63, 3.8) is 0 Å². The second-order valence-electron chi connectivity index (χ2n) is 2.73. The zero-order valence-corrected chi connectivity index (χ0v) is 7.91. The first kappa shape index (κ1) is 9.51. The molecule has 0 unspecified atom stereocenters. The summed E-state index contributed by atoms with van der Waals surface area (Å²) in [6.07, 6.45) is 1.77. The Balaban J connectivity index is 2.60. The first-order valence-electron chi connectivity index (χ1n) is 4.10. The van der Waals surface area contributed by atoms with Gasteiger partial charge < -0.3 is 11.1 Å². The summed E-state index contributed by atoms with van der Waals surface area (Å²) in [5.41, 5.74) is 7.63. The van der Waals surface area contributed by atoms with E-state index in [-0.39, 0.29) is 0 Å². The summed E-state index contributed by atoms with van der Waals surface area (Å²) >= 11 is 0. The highest BCUT2D eigenvalue weighted by Crippen LogP contribution is 2.01. The molecule has 0 spiro atoms. The summed E-state index contributed by atoms with van der Waals surface area (Å²) in [5, 5.41) is 2.95. The number of hydrogen-bond donors (Lipinski definition) is 2. The molecule has 4 heteroatoms. The van der Waals surface area contributed by atoms with Crippen molar-refractivity contribution in [2.45, 2.75) is 13.5 Å². The highest BCUT2D eigenvalue weighted by Gasteiger charge is 1.97. The Labute approximate surface area is 77.9 Å². The van der Waals surface area contributed by atoms with Crippen LogP contribution in [0, 0.1) is 6.92 Å². The first-order chi connectivity index (χ1) is 6.24. The van der Waals surface area contributed by atoms with Gasteiger partial charge in [0.15, 0.2) is 5.96 Å². The molecule has 1 rings (SSSR count). The molecule has 0 aromatic carbocycles. The van der Waals surface area contributed by atoms with E-state index in [0.29, 0.717) is 12.5 Å². The van der Waals surface area contributed by atoms with Gasteiger partial charge in [-0.05, 0) is 18.6 Å². The number of nitrogens with one attached hydrogen (secondary N) is 1. The number of aliphatic imine (C=N–C) groups is 1. The van der Waals surface area contributed by atoms with Gasteiger partial charge in [0.2, 0.25) is 0 Å². The lowest BCUT2D eigenvalue weighted by atomic mass is 10.2. The summed E-state index contributed by atoms with van der Waals surface area (Å²) in [6, 6.07) is 3.93. The van der Waals surface area contributed by atoms with Crippen LogP contribution in [0.2, 0.25) is 0 Å². The van der Waals surface area contributed by atoms with Crippen LogP contribution in [0.5, 0.6) is 0 Å². The number of aromatic nitrogens is 1. The molecule has 0 aliphatic carbocycles. The highest BCUT2D eigenvalue weighted by molar-refractivity contribution is 5.77. The van der Waals surface area contributed by atoms with E-state index in [1.165, 1.54) is 0 Å². The minimum Gasteiger partial charge on any atom is -0.370 e. The van der Waals surface area contributed by atoms with Crippen LogP contribution >= 0.6 is 0 Å². The predicted octanol–water partition coefficient (Wildman–Crippen LogP) is 0.424. The summed E-state index contributed by atoms with van der Waals surface area (Å²) < 4.78 is 0. The lowest BCUT2D eigenvalue weighted by Gasteiger charge is -2.05. The molecule has 1 aromatic heterocycles. The van der Waals surface area contributed by atoms with Crippen LogP contribution in [0.15, 0.2) is 23.3 Å². The third-order valence-corrected chi connectivity index (χ3v) is 1.80. The minimum absolute atomic E-state index is 0.435. The number of hydrogen-bond acceptors (Lipinski definition) is 2. The van der Waals surface area contributed by atoms with Crippen LogP contribution in [0.4, 0.5) is 0 Å². The van der Waals surface area contributed by atoms with E-state index in [4.69, 9.17) is 5.73 Å². The molecule has 0 aliphatic heterocycles. The third-order valence-electron chi connectivity index (χ3n) is 1.80. The summed E-state index contributed by atoms with van der Waals surface area (Å²) in [7, 11) is 1.65. The van der Waals surface area contributed by atoms with E-state index < -0.39 is 0 Å². The molecule has 3 N–H and O–H groups in total. The first-order valence-corrected chi connectivity index (χ1v) is 4.10. The van der Waals surface area contributed by atoms with Crippen LogP contribution in [0.3, 0.4) is 0 Å². The minimum atomic E-state index is 0.435. The van der Waals surface area contributed by atoms with Crippen LogP contribution in [-0.4, -0.2) is 18.0 Å². The largest absolute Gasteiger partial charge is 0.370 e. The monoisotopic (exact) mass is 178 g/mol. The Morgan fingerprint density at radius 3 is 3.08 bits per heavy atom. The smallest absolute Gasteiger partial charge is 0.188 e. The number of pyridine rings is 1. The zero-order chi connectivity index (χ0) is 9.68. The number of nitrogens with two attached hydrogens (primary N) is 1. The van der Waals surface area contributed by atoms with Crippen molar-refractivity contribution < 1.29 is 0 Å². The topological polar surface area (TPSA) is 63.3 Å². The van der Waals surface area contributed by atoms with Gasteiger partial charge in [-0.15, -0.1) is 0 Å². The molecule has 4 nitrogen and oxygen atoms in total. The lowest BCUT2D eigenvalue weighted by Crippen LogP contribution is -2.31. The number of rotatable bonds is 2. The van der Waals surface area contributed by atoms with Gasteiger partial charge in [-0.1, -0.05) is 6.07 Å². The van der Waals surface area contributed by atoms with Crippen molar-refractivity contribution in [1.29, 1.82) is 0 Å². The molecule has 0 saturated heterocycles. The standard InChI is InChI=1S/C9H14N4/c1-7-4-3-5-12-8(7)6-13-9(10)11-2/h3-5H,6H2,1-2H3,(H3,10,11,13). The molecule has 0 amide bonds. The van der Waals surface area contributed by atoms with Crippen molar-refractivity contribution in [3.8, 4) is 0 Å². The normalized spacial score (nSPS) is 11.4. The van der Waals surface area contributed by atoms with Crippen molar-refractivity contribution in [2.75, 3.05) is 7.05 Å². The Kier molecular flexibility index (Phi) is 3.25. The molecular formula is C9H14N4. The Bertz CT molecular complexity index is 306. The molecular weight excluding hydrogens is 164 g/mol.